The van der Waals surface area contributed by atoms with Crippen LogP contribution in [0.4, 0.5) is 8.78 Å². The zero-order valence-corrected chi connectivity index (χ0v) is 17.4. The Morgan fingerprint density at radius 3 is 2.50 bits per heavy atom. The number of halogens is 2. The van der Waals surface area contributed by atoms with Crippen molar-refractivity contribution in [3.8, 4) is 0 Å². The lowest BCUT2D eigenvalue weighted by Gasteiger charge is -2.21. The molecular weight excluding hydrogens is 350 g/mol. The summed E-state index contributed by atoms with van der Waals surface area (Å²) in [4.78, 5) is 0. The van der Waals surface area contributed by atoms with Crippen LogP contribution < -0.4 is 0 Å². The van der Waals surface area contributed by atoms with Crippen molar-refractivity contribution in [1.82, 2.24) is 0 Å². The second kappa shape index (κ2) is 10.2. The molecule has 0 saturated carbocycles. The molecule has 1 aromatic carbocycles. The van der Waals surface area contributed by atoms with Crippen molar-refractivity contribution < 1.29 is 8.78 Å². The quantitative estimate of drug-likeness (QED) is 0.416. The molecule has 0 nitrogen and oxygen atoms in total. The highest BCUT2D eigenvalue weighted by Gasteiger charge is 2.19. The van der Waals surface area contributed by atoms with E-state index in [9.17, 15) is 8.78 Å². The first kappa shape index (κ1) is 21.0. The first-order valence-corrected chi connectivity index (χ1v) is 11.1. The minimum Gasteiger partial charge on any atom is -0.203 e. The van der Waals surface area contributed by atoms with Crippen LogP contribution in [0, 0.1) is 23.5 Å². The molecule has 1 aromatic rings. The van der Waals surface area contributed by atoms with Crippen LogP contribution in [0.1, 0.15) is 82.8 Å². The molecule has 2 aliphatic rings. The number of hydrogen-bond acceptors (Lipinski definition) is 0. The smallest absolute Gasteiger partial charge is 0.166 e. The molecule has 28 heavy (non-hydrogen) atoms. The Hall–Kier alpha value is -1.70. The summed E-state index contributed by atoms with van der Waals surface area (Å²) >= 11 is 0. The lowest BCUT2D eigenvalue weighted by Crippen LogP contribution is -2.06. The summed E-state index contributed by atoms with van der Waals surface area (Å²) in [7, 11) is 0. The molecule has 0 heterocycles. The van der Waals surface area contributed by atoms with Crippen molar-refractivity contribution in [2.24, 2.45) is 11.8 Å². The van der Waals surface area contributed by atoms with Gasteiger partial charge in [-0.3, -0.25) is 0 Å². The third-order valence-corrected chi connectivity index (χ3v) is 6.59. The van der Waals surface area contributed by atoms with Crippen molar-refractivity contribution >= 4 is 5.57 Å². The molecule has 2 aliphatic carbocycles. The van der Waals surface area contributed by atoms with Gasteiger partial charge in [-0.2, -0.15) is 0 Å². The van der Waals surface area contributed by atoms with Crippen LogP contribution in [0.25, 0.3) is 5.57 Å². The van der Waals surface area contributed by atoms with Gasteiger partial charge >= 0.3 is 0 Å². The molecule has 0 N–H and O–H groups in total. The molecule has 0 spiro atoms. The fourth-order valence-corrected chi connectivity index (χ4v) is 4.47. The lowest BCUT2D eigenvalue weighted by atomic mass is 9.85. The van der Waals surface area contributed by atoms with E-state index in [1.165, 1.54) is 12.8 Å². The topological polar surface area (TPSA) is 0 Å². The van der Waals surface area contributed by atoms with Gasteiger partial charge in [0, 0.05) is 5.56 Å². The molecule has 0 aliphatic heterocycles. The predicted molar refractivity (Wildman–Crippen MR) is 115 cm³/mol. The standard InChI is InChI=1S/C26H34F2/c1-3-19-9-11-21(12-10-19)7-5-6-8-23-17-18-24(26(28)25(23)27)22-15-13-20(4-2)14-16-22/h5,7,9,15,17-18,20-21H,3-4,6,8,10-14,16H2,1-2H3. The van der Waals surface area contributed by atoms with Gasteiger partial charge < -0.3 is 0 Å². The molecule has 0 radical (unpaired) electrons. The summed E-state index contributed by atoms with van der Waals surface area (Å²) < 4.78 is 29.2. The lowest BCUT2D eigenvalue weighted by molar-refractivity contribution is 0.466. The molecule has 0 fully saturated rings. The maximum Gasteiger partial charge on any atom is 0.166 e. The maximum atomic E-state index is 14.7. The van der Waals surface area contributed by atoms with Crippen LogP contribution in [0.5, 0.6) is 0 Å². The average molecular weight is 385 g/mol. The Morgan fingerprint density at radius 1 is 1.00 bits per heavy atom. The number of benzene rings is 1. The third-order valence-electron chi connectivity index (χ3n) is 6.59. The van der Waals surface area contributed by atoms with Gasteiger partial charge in [-0.25, -0.2) is 8.78 Å². The van der Waals surface area contributed by atoms with Gasteiger partial charge in [0.15, 0.2) is 11.6 Å². The Kier molecular flexibility index (Phi) is 7.65. The molecule has 2 heteroatoms. The van der Waals surface area contributed by atoms with E-state index in [0.717, 1.165) is 50.5 Å². The first-order valence-electron chi connectivity index (χ1n) is 11.1. The summed E-state index contributed by atoms with van der Waals surface area (Å²) in [6.07, 6.45) is 19.0. The monoisotopic (exact) mass is 384 g/mol. The van der Waals surface area contributed by atoms with Crippen molar-refractivity contribution in [2.45, 2.75) is 78.1 Å². The summed E-state index contributed by atoms with van der Waals surface area (Å²) in [6, 6.07) is 3.57. The van der Waals surface area contributed by atoms with Gasteiger partial charge in [-0.15, -0.1) is 0 Å². The fraction of sp³-hybridized carbons (Fsp3) is 0.538. The molecule has 0 amide bonds. The Morgan fingerprint density at radius 2 is 1.86 bits per heavy atom. The molecule has 2 unspecified atom stereocenters. The highest BCUT2D eigenvalue weighted by molar-refractivity contribution is 5.67. The number of allylic oxidation sites excluding steroid dienone is 6. The Balaban J connectivity index is 1.57. The van der Waals surface area contributed by atoms with Crippen LogP contribution in [-0.4, -0.2) is 0 Å². The van der Waals surface area contributed by atoms with Crippen LogP contribution >= 0.6 is 0 Å². The minimum absolute atomic E-state index is 0.465. The molecule has 3 rings (SSSR count). The second-order valence-electron chi connectivity index (χ2n) is 8.40. The van der Waals surface area contributed by atoms with Gasteiger partial charge in [0.25, 0.3) is 0 Å². The molecule has 0 aromatic heterocycles. The Labute approximate surface area is 169 Å². The average Bonchev–Trinajstić information content (AvgIpc) is 2.74. The fourth-order valence-electron chi connectivity index (χ4n) is 4.47. The van der Waals surface area contributed by atoms with E-state index in [4.69, 9.17) is 0 Å². The predicted octanol–water partition coefficient (Wildman–Crippen LogP) is 8.18. The van der Waals surface area contributed by atoms with E-state index in [1.807, 2.05) is 0 Å². The largest absolute Gasteiger partial charge is 0.203 e. The van der Waals surface area contributed by atoms with E-state index in [2.05, 4.69) is 38.2 Å². The van der Waals surface area contributed by atoms with Crippen LogP contribution in [-0.2, 0) is 6.42 Å². The summed E-state index contributed by atoms with van der Waals surface area (Å²) in [6.45, 7) is 4.41. The van der Waals surface area contributed by atoms with Crippen LogP contribution in [0.3, 0.4) is 0 Å². The van der Waals surface area contributed by atoms with E-state index in [-0.39, 0.29) is 0 Å². The summed E-state index contributed by atoms with van der Waals surface area (Å²) in [5.41, 5.74) is 3.50. The van der Waals surface area contributed by atoms with E-state index in [0.29, 0.717) is 29.4 Å². The highest BCUT2D eigenvalue weighted by Crippen LogP contribution is 2.34. The number of aryl methyl sites for hydroxylation is 1. The second-order valence-corrected chi connectivity index (χ2v) is 8.40. The number of hydrogen-bond donors (Lipinski definition) is 0. The van der Waals surface area contributed by atoms with E-state index < -0.39 is 11.6 Å². The SMILES string of the molecule is CCC1=CCC(C=CCCc2ccc(C3=CCC(CC)CC3)c(F)c2F)CC1. The zero-order chi connectivity index (χ0) is 19.9. The van der Waals surface area contributed by atoms with E-state index >= 15 is 0 Å². The molecule has 2 atom stereocenters. The number of rotatable bonds is 7. The summed E-state index contributed by atoms with van der Waals surface area (Å²) in [5.74, 6) is -0.0230. The van der Waals surface area contributed by atoms with Crippen LogP contribution in [0.2, 0.25) is 0 Å². The third kappa shape index (κ3) is 5.21. The molecule has 152 valence electrons. The zero-order valence-electron chi connectivity index (χ0n) is 17.4. The van der Waals surface area contributed by atoms with Crippen molar-refractivity contribution in [1.29, 1.82) is 0 Å². The molecule has 0 saturated heterocycles. The van der Waals surface area contributed by atoms with Crippen molar-refractivity contribution in [2.75, 3.05) is 0 Å². The van der Waals surface area contributed by atoms with Gasteiger partial charge in [-0.1, -0.05) is 62.3 Å². The molecule has 0 bridgehead atoms. The normalized spacial score (nSPS) is 23.0. The van der Waals surface area contributed by atoms with Gasteiger partial charge in [0.05, 0.1) is 0 Å². The van der Waals surface area contributed by atoms with Gasteiger partial charge in [0.1, 0.15) is 0 Å². The molecular formula is C26H34F2. The Bertz CT molecular complexity index is 754. The van der Waals surface area contributed by atoms with Gasteiger partial charge in [-0.05, 0) is 80.8 Å². The minimum atomic E-state index is -0.660. The van der Waals surface area contributed by atoms with Crippen molar-refractivity contribution in [3.05, 3.63) is 64.8 Å². The van der Waals surface area contributed by atoms with Crippen molar-refractivity contribution in [3.63, 3.8) is 0 Å². The van der Waals surface area contributed by atoms with Crippen LogP contribution in [0.15, 0.2) is 42.0 Å². The highest BCUT2D eigenvalue weighted by atomic mass is 19.2. The van der Waals surface area contributed by atoms with E-state index in [1.54, 1.807) is 17.7 Å². The first-order chi connectivity index (χ1) is 13.6. The maximum absolute atomic E-state index is 14.7. The summed E-state index contributed by atoms with van der Waals surface area (Å²) in [5, 5.41) is 0. The van der Waals surface area contributed by atoms with Gasteiger partial charge in [0.2, 0.25) is 0 Å².